The fourth-order valence-corrected chi connectivity index (χ4v) is 4.68. The van der Waals surface area contributed by atoms with E-state index in [1.807, 2.05) is 29.1 Å². The summed E-state index contributed by atoms with van der Waals surface area (Å²) in [7, 11) is 1.71. The van der Waals surface area contributed by atoms with Crippen molar-refractivity contribution in [1.29, 1.82) is 0 Å². The highest BCUT2D eigenvalue weighted by Gasteiger charge is 2.12. The lowest BCUT2D eigenvalue weighted by molar-refractivity contribution is 0.0180. The lowest BCUT2D eigenvalue weighted by atomic mass is 10.1. The van der Waals surface area contributed by atoms with Crippen molar-refractivity contribution in [3.63, 3.8) is 0 Å². The van der Waals surface area contributed by atoms with Gasteiger partial charge in [-0.05, 0) is 59.2 Å². The Kier molecular flexibility index (Phi) is 9.05. The quantitative estimate of drug-likeness (QED) is 0.251. The molecule has 198 valence electrons. The summed E-state index contributed by atoms with van der Waals surface area (Å²) in [4.78, 5) is 4.79. The van der Waals surface area contributed by atoms with E-state index in [1.165, 1.54) is 22.4 Å². The molecule has 38 heavy (non-hydrogen) atoms. The van der Waals surface area contributed by atoms with Crippen LogP contribution < -0.4 is 9.64 Å². The molecule has 0 spiro atoms. The molecule has 2 heterocycles. The highest BCUT2D eigenvalue weighted by molar-refractivity contribution is 5.50. The highest BCUT2D eigenvalue weighted by Crippen LogP contribution is 2.24. The summed E-state index contributed by atoms with van der Waals surface area (Å²) < 4.78 is 18.8. The lowest BCUT2D eigenvalue weighted by Crippen LogP contribution is -2.38. The Morgan fingerprint density at radius 1 is 0.868 bits per heavy atom. The van der Waals surface area contributed by atoms with E-state index in [0.717, 1.165) is 64.0 Å². The Morgan fingerprint density at radius 2 is 1.66 bits per heavy atom. The third-order valence-electron chi connectivity index (χ3n) is 6.79. The van der Waals surface area contributed by atoms with E-state index in [2.05, 4.69) is 75.6 Å². The third kappa shape index (κ3) is 7.22. The predicted octanol–water partition coefficient (Wildman–Crippen LogP) is 4.94. The summed E-state index contributed by atoms with van der Waals surface area (Å²) in [5.41, 5.74) is 5.82. The van der Waals surface area contributed by atoms with Crippen LogP contribution in [0.15, 0.2) is 91.3 Å². The molecule has 0 bridgehead atoms. The topological polar surface area (TPSA) is 52.0 Å². The molecule has 1 saturated heterocycles. The first kappa shape index (κ1) is 26.0. The van der Waals surface area contributed by atoms with Crippen molar-refractivity contribution >= 4 is 5.69 Å². The average molecular weight is 513 g/mol. The standard InChI is InChI=1S/C31H36N4O3/c1-36-31-8-3-5-27(22-31)24-34(23-26-9-11-29(12-10-26)35-14-4-13-32-35)30-7-2-6-28(21-30)25-38-20-17-33-15-18-37-19-16-33/h2-14,21-22H,15-20,23-25H2,1H3. The van der Waals surface area contributed by atoms with Crippen molar-refractivity contribution in [2.75, 3.05) is 51.5 Å². The van der Waals surface area contributed by atoms with Crippen LogP contribution in [0.4, 0.5) is 5.69 Å². The molecular formula is C31H36N4O3. The summed E-state index contributed by atoms with van der Waals surface area (Å²) in [6, 6.07) is 27.5. The molecule has 1 aliphatic heterocycles. The molecule has 0 radical (unpaired) electrons. The van der Waals surface area contributed by atoms with Crippen LogP contribution in [-0.2, 0) is 29.2 Å². The van der Waals surface area contributed by atoms with Crippen molar-refractivity contribution in [2.45, 2.75) is 19.7 Å². The molecule has 0 N–H and O–H groups in total. The van der Waals surface area contributed by atoms with Gasteiger partial charge in [-0.15, -0.1) is 0 Å². The Hall–Kier alpha value is -3.65. The number of benzene rings is 3. The van der Waals surface area contributed by atoms with Crippen LogP contribution in [0.25, 0.3) is 5.69 Å². The molecule has 0 saturated carbocycles. The van der Waals surface area contributed by atoms with Gasteiger partial charge in [-0.1, -0.05) is 36.4 Å². The molecule has 5 rings (SSSR count). The number of hydrogen-bond donors (Lipinski definition) is 0. The fraction of sp³-hybridized carbons (Fsp3) is 0.323. The van der Waals surface area contributed by atoms with Gasteiger partial charge >= 0.3 is 0 Å². The van der Waals surface area contributed by atoms with Gasteiger partial charge in [0.2, 0.25) is 0 Å². The maximum atomic E-state index is 6.05. The van der Waals surface area contributed by atoms with Gasteiger partial charge in [-0.2, -0.15) is 5.10 Å². The van der Waals surface area contributed by atoms with Crippen molar-refractivity contribution < 1.29 is 14.2 Å². The van der Waals surface area contributed by atoms with Gasteiger partial charge in [0.1, 0.15) is 5.75 Å². The highest BCUT2D eigenvalue weighted by atomic mass is 16.5. The molecule has 0 amide bonds. The normalized spacial score (nSPS) is 13.9. The summed E-state index contributed by atoms with van der Waals surface area (Å²) in [5, 5.41) is 4.34. The molecule has 0 unspecified atom stereocenters. The van der Waals surface area contributed by atoms with Gasteiger partial charge in [0.05, 0.1) is 39.2 Å². The van der Waals surface area contributed by atoms with Crippen molar-refractivity contribution in [3.05, 3.63) is 108 Å². The molecule has 1 aliphatic rings. The maximum Gasteiger partial charge on any atom is 0.119 e. The molecule has 7 nitrogen and oxygen atoms in total. The second-order valence-corrected chi connectivity index (χ2v) is 9.50. The number of anilines is 1. The number of hydrogen-bond acceptors (Lipinski definition) is 6. The van der Waals surface area contributed by atoms with Crippen molar-refractivity contribution in [3.8, 4) is 11.4 Å². The van der Waals surface area contributed by atoms with Crippen molar-refractivity contribution in [1.82, 2.24) is 14.7 Å². The second-order valence-electron chi connectivity index (χ2n) is 9.50. The number of morpholine rings is 1. The molecule has 1 aromatic heterocycles. The van der Waals surface area contributed by atoms with Crippen LogP contribution >= 0.6 is 0 Å². The van der Waals surface area contributed by atoms with E-state index in [1.54, 1.807) is 13.3 Å². The van der Waals surface area contributed by atoms with E-state index in [4.69, 9.17) is 14.2 Å². The maximum absolute atomic E-state index is 6.05. The van der Waals surface area contributed by atoms with E-state index in [9.17, 15) is 0 Å². The molecular weight excluding hydrogens is 476 g/mol. The predicted molar refractivity (Wildman–Crippen MR) is 150 cm³/mol. The van der Waals surface area contributed by atoms with Gasteiger partial charge in [-0.25, -0.2) is 4.68 Å². The zero-order valence-electron chi connectivity index (χ0n) is 22.0. The van der Waals surface area contributed by atoms with E-state index in [-0.39, 0.29) is 0 Å². The minimum atomic E-state index is 0.601. The number of methoxy groups -OCH3 is 1. The smallest absolute Gasteiger partial charge is 0.119 e. The minimum absolute atomic E-state index is 0.601. The van der Waals surface area contributed by atoms with Crippen LogP contribution in [-0.4, -0.2) is 61.2 Å². The monoisotopic (exact) mass is 512 g/mol. The first-order valence-corrected chi connectivity index (χ1v) is 13.2. The van der Waals surface area contributed by atoms with Gasteiger partial charge in [-0.3, -0.25) is 4.90 Å². The second kappa shape index (κ2) is 13.2. The molecule has 3 aromatic carbocycles. The van der Waals surface area contributed by atoms with Crippen LogP contribution in [0.5, 0.6) is 5.75 Å². The van der Waals surface area contributed by atoms with E-state index >= 15 is 0 Å². The largest absolute Gasteiger partial charge is 0.497 e. The van der Waals surface area contributed by atoms with Crippen LogP contribution in [0.1, 0.15) is 16.7 Å². The van der Waals surface area contributed by atoms with Gasteiger partial charge in [0.15, 0.2) is 0 Å². The number of nitrogens with zero attached hydrogens (tertiary/aromatic N) is 4. The number of aromatic nitrogens is 2. The Labute approximate surface area is 225 Å². The van der Waals surface area contributed by atoms with Crippen LogP contribution in [0.2, 0.25) is 0 Å². The van der Waals surface area contributed by atoms with E-state index < -0.39 is 0 Å². The molecule has 7 heteroatoms. The van der Waals surface area contributed by atoms with E-state index in [0.29, 0.717) is 6.61 Å². The third-order valence-corrected chi connectivity index (χ3v) is 6.79. The minimum Gasteiger partial charge on any atom is -0.497 e. The first-order valence-electron chi connectivity index (χ1n) is 13.2. The number of ether oxygens (including phenoxy) is 3. The van der Waals surface area contributed by atoms with Gasteiger partial charge in [0, 0.05) is 50.8 Å². The van der Waals surface area contributed by atoms with Crippen LogP contribution in [0.3, 0.4) is 0 Å². The zero-order valence-corrected chi connectivity index (χ0v) is 22.0. The lowest BCUT2D eigenvalue weighted by Gasteiger charge is -2.27. The Morgan fingerprint density at radius 3 is 2.45 bits per heavy atom. The van der Waals surface area contributed by atoms with Crippen molar-refractivity contribution in [2.24, 2.45) is 0 Å². The summed E-state index contributed by atoms with van der Waals surface area (Å²) in [5.74, 6) is 0.869. The molecule has 4 aromatic rings. The summed E-state index contributed by atoms with van der Waals surface area (Å²) >= 11 is 0. The Balaban J connectivity index is 1.28. The Bertz CT molecular complexity index is 1250. The summed E-state index contributed by atoms with van der Waals surface area (Å²) in [6.45, 7) is 7.41. The van der Waals surface area contributed by atoms with Gasteiger partial charge in [0.25, 0.3) is 0 Å². The first-order chi connectivity index (χ1) is 18.8. The average Bonchev–Trinajstić information content (AvgIpc) is 3.52. The molecule has 1 fully saturated rings. The zero-order chi connectivity index (χ0) is 26.0. The SMILES string of the molecule is COc1cccc(CN(Cc2ccc(-n3cccn3)cc2)c2cccc(COCCN3CCOCC3)c2)c1. The number of rotatable bonds is 12. The molecule has 0 atom stereocenters. The van der Waals surface area contributed by atoms with Gasteiger partial charge < -0.3 is 19.1 Å². The molecule has 0 aliphatic carbocycles. The summed E-state index contributed by atoms with van der Waals surface area (Å²) in [6.07, 6.45) is 3.75. The van der Waals surface area contributed by atoms with Crippen LogP contribution in [0, 0.1) is 0 Å². The fourth-order valence-electron chi connectivity index (χ4n) is 4.68.